The Bertz CT molecular complexity index is 115. The van der Waals surface area contributed by atoms with Crippen molar-refractivity contribution in [2.75, 3.05) is 0 Å². The summed E-state index contributed by atoms with van der Waals surface area (Å²) < 4.78 is 5.69. The molecule has 1 aliphatic heterocycles. The van der Waals surface area contributed by atoms with Gasteiger partial charge in [-0.05, 0) is 25.7 Å². The third kappa shape index (κ3) is 1.94. The van der Waals surface area contributed by atoms with E-state index in [2.05, 4.69) is 20.8 Å². The van der Waals surface area contributed by atoms with Gasteiger partial charge in [-0.15, -0.1) is 0 Å². The fourth-order valence-electron chi connectivity index (χ4n) is 1.75. The quantitative estimate of drug-likeness (QED) is 0.626. The van der Waals surface area contributed by atoms with Gasteiger partial charge in [0.2, 0.25) is 0 Å². The van der Waals surface area contributed by atoms with E-state index < -0.39 is 0 Å². The van der Waals surface area contributed by atoms with E-state index in [1.807, 2.05) is 0 Å². The highest BCUT2D eigenvalue weighted by atomic mass is 16.5. The van der Waals surface area contributed by atoms with Crippen LogP contribution >= 0.6 is 0 Å². The monoisotopic (exact) mass is 157 g/mol. The normalized spacial score (nSPS) is 45.8. The summed E-state index contributed by atoms with van der Waals surface area (Å²) in [6, 6.07) is 0.234. The predicted molar refractivity (Wildman–Crippen MR) is 46.4 cm³/mol. The standard InChI is InChI=1S/C9H19NO/c1-4-8-5-6(2)9(10)7(3)11-8/h6-9H,4-5,10H2,1-3H3. The van der Waals surface area contributed by atoms with Gasteiger partial charge in [-0.1, -0.05) is 13.8 Å². The van der Waals surface area contributed by atoms with Gasteiger partial charge in [-0.25, -0.2) is 0 Å². The first-order valence-corrected chi connectivity index (χ1v) is 4.56. The molecule has 0 aromatic heterocycles. The molecular formula is C9H19NO. The zero-order valence-electron chi connectivity index (χ0n) is 7.71. The molecule has 1 aliphatic rings. The van der Waals surface area contributed by atoms with Crippen LogP contribution in [0.25, 0.3) is 0 Å². The molecule has 4 unspecified atom stereocenters. The number of rotatable bonds is 1. The first-order valence-electron chi connectivity index (χ1n) is 4.56. The maximum absolute atomic E-state index is 5.91. The van der Waals surface area contributed by atoms with E-state index >= 15 is 0 Å². The van der Waals surface area contributed by atoms with Crippen LogP contribution in [0.2, 0.25) is 0 Å². The van der Waals surface area contributed by atoms with Crippen molar-refractivity contribution in [1.29, 1.82) is 0 Å². The minimum absolute atomic E-state index is 0.234. The van der Waals surface area contributed by atoms with Crippen LogP contribution in [0, 0.1) is 5.92 Å². The Morgan fingerprint density at radius 1 is 1.45 bits per heavy atom. The van der Waals surface area contributed by atoms with Crippen molar-refractivity contribution in [3.05, 3.63) is 0 Å². The van der Waals surface area contributed by atoms with Crippen LogP contribution in [0.4, 0.5) is 0 Å². The molecule has 2 heteroatoms. The molecule has 1 fully saturated rings. The molecule has 1 rings (SSSR count). The van der Waals surface area contributed by atoms with E-state index in [1.165, 1.54) is 0 Å². The van der Waals surface area contributed by atoms with Crippen LogP contribution in [-0.4, -0.2) is 18.2 Å². The van der Waals surface area contributed by atoms with E-state index in [1.54, 1.807) is 0 Å². The summed E-state index contributed by atoms with van der Waals surface area (Å²) in [5.74, 6) is 0.615. The lowest BCUT2D eigenvalue weighted by molar-refractivity contribution is -0.0720. The summed E-state index contributed by atoms with van der Waals surface area (Å²) >= 11 is 0. The number of nitrogens with two attached hydrogens (primary N) is 1. The van der Waals surface area contributed by atoms with Gasteiger partial charge in [0.15, 0.2) is 0 Å². The Morgan fingerprint density at radius 3 is 2.55 bits per heavy atom. The lowest BCUT2D eigenvalue weighted by Crippen LogP contribution is -2.47. The van der Waals surface area contributed by atoms with Gasteiger partial charge < -0.3 is 10.5 Å². The molecule has 11 heavy (non-hydrogen) atoms. The molecule has 0 aliphatic carbocycles. The van der Waals surface area contributed by atoms with Crippen molar-refractivity contribution in [2.45, 2.75) is 51.9 Å². The van der Waals surface area contributed by atoms with Gasteiger partial charge in [-0.2, -0.15) is 0 Å². The smallest absolute Gasteiger partial charge is 0.0704 e. The van der Waals surface area contributed by atoms with Crippen LogP contribution in [-0.2, 0) is 4.74 Å². The lowest BCUT2D eigenvalue weighted by Gasteiger charge is -2.36. The predicted octanol–water partition coefficient (Wildman–Crippen LogP) is 1.54. The summed E-state index contributed by atoms with van der Waals surface area (Å²) in [4.78, 5) is 0. The minimum atomic E-state index is 0.234. The molecular weight excluding hydrogens is 138 g/mol. The molecule has 2 nitrogen and oxygen atoms in total. The fraction of sp³-hybridized carbons (Fsp3) is 1.00. The Hall–Kier alpha value is -0.0800. The van der Waals surface area contributed by atoms with Gasteiger partial charge in [0.05, 0.1) is 12.2 Å². The van der Waals surface area contributed by atoms with E-state index in [9.17, 15) is 0 Å². The Labute approximate surface area is 69.1 Å². The molecule has 0 aromatic carbocycles. The number of hydrogen-bond acceptors (Lipinski definition) is 2. The van der Waals surface area contributed by atoms with Crippen molar-refractivity contribution in [3.63, 3.8) is 0 Å². The summed E-state index contributed by atoms with van der Waals surface area (Å²) in [6.45, 7) is 6.45. The second-order valence-corrected chi connectivity index (χ2v) is 3.66. The van der Waals surface area contributed by atoms with Gasteiger partial charge >= 0.3 is 0 Å². The Balaban J connectivity index is 2.47. The van der Waals surface area contributed by atoms with Gasteiger partial charge in [-0.3, -0.25) is 0 Å². The van der Waals surface area contributed by atoms with Gasteiger partial charge in [0.1, 0.15) is 0 Å². The average Bonchev–Trinajstić information content (AvgIpc) is 1.99. The molecule has 0 amide bonds. The fourth-order valence-corrected chi connectivity index (χ4v) is 1.75. The molecule has 0 spiro atoms. The highest BCUT2D eigenvalue weighted by Crippen LogP contribution is 2.24. The topological polar surface area (TPSA) is 35.2 Å². The lowest BCUT2D eigenvalue weighted by atomic mass is 9.89. The van der Waals surface area contributed by atoms with Crippen LogP contribution in [0.1, 0.15) is 33.6 Å². The summed E-state index contributed by atoms with van der Waals surface area (Å²) in [6.07, 6.45) is 2.92. The molecule has 1 heterocycles. The minimum Gasteiger partial charge on any atom is -0.374 e. The highest BCUT2D eigenvalue weighted by Gasteiger charge is 2.29. The van der Waals surface area contributed by atoms with Crippen molar-refractivity contribution in [2.24, 2.45) is 11.7 Å². The van der Waals surface area contributed by atoms with E-state index in [-0.39, 0.29) is 12.1 Å². The van der Waals surface area contributed by atoms with Crippen LogP contribution in [0.15, 0.2) is 0 Å². The molecule has 0 aromatic rings. The van der Waals surface area contributed by atoms with Crippen molar-refractivity contribution < 1.29 is 4.74 Å². The third-order valence-electron chi connectivity index (χ3n) is 2.70. The van der Waals surface area contributed by atoms with Crippen molar-refractivity contribution >= 4 is 0 Å². The number of hydrogen-bond donors (Lipinski definition) is 1. The van der Waals surface area contributed by atoms with E-state index in [0.29, 0.717) is 12.0 Å². The average molecular weight is 157 g/mol. The molecule has 0 bridgehead atoms. The van der Waals surface area contributed by atoms with Crippen molar-refractivity contribution in [1.82, 2.24) is 0 Å². The summed E-state index contributed by atoms with van der Waals surface area (Å²) in [7, 11) is 0. The highest BCUT2D eigenvalue weighted by molar-refractivity contribution is 4.83. The van der Waals surface area contributed by atoms with Crippen LogP contribution < -0.4 is 5.73 Å². The zero-order chi connectivity index (χ0) is 8.43. The van der Waals surface area contributed by atoms with E-state index in [0.717, 1.165) is 12.8 Å². The second-order valence-electron chi connectivity index (χ2n) is 3.66. The number of ether oxygens (including phenoxy) is 1. The molecule has 0 radical (unpaired) electrons. The molecule has 1 saturated heterocycles. The van der Waals surface area contributed by atoms with E-state index in [4.69, 9.17) is 10.5 Å². The van der Waals surface area contributed by atoms with Gasteiger partial charge in [0, 0.05) is 6.04 Å². The van der Waals surface area contributed by atoms with Crippen LogP contribution in [0.5, 0.6) is 0 Å². The molecule has 4 atom stereocenters. The second kappa shape index (κ2) is 3.55. The Morgan fingerprint density at radius 2 is 2.09 bits per heavy atom. The first kappa shape index (κ1) is 9.01. The Kier molecular flexibility index (Phi) is 2.90. The maximum Gasteiger partial charge on any atom is 0.0704 e. The molecule has 0 saturated carbocycles. The summed E-state index contributed by atoms with van der Waals surface area (Å²) in [5.41, 5.74) is 5.91. The largest absolute Gasteiger partial charge is 0.374 e. The maximum atomic E-state index is 5.91. The van der Waals surface area contributed by atoms with Crippen LogP contribution in [0.3, 0.4) is 0 Å². The van der Waals surface area contributed by atoms with Crippen molar-refractivity contribution in [3.8, 4) is 0 Å². The third-order valence-corrected chi connectivity index (χ3v) is 2.70. The summed E-state index contributed by atoms with van der Waals surface area (Å²) in [5, 5.41) is 0. The SMILES string of the molecule is CCC1CC(C)C(N)C(C)O1. The zero-order valence-corrected chi connectivity index (χ0v) is 7.71. The molecule has 66 valence electrons. The molecule has 2 N–H and O–H groups in total. The first-order chi connectivity index (χ1) is 5.15. The van der Waals surface area contributed by atoms with Gasteiger partial charge in [0.25, 0.3) is 0 Å².